The number of benzene rings is 1. The highest BCUT2D eigenvalue weighted by molar-refractivity contribution is 5.77. The van der Waals surface area contributed by atoms with Crippen LogP contribution in [-0.2, 0) is 16.1 Å². The zero-order valence-electron chi connectivity index (χ0n) is 11.8. The van der Waals surface area contributed by atoms with Crippen molar-refractivity contribution < 1.29 is 19.2 Å². The van der Waals surface area contributed by atoms with Crippen LogP contribution < -0.4 is 10.1 Å². The maximum atomic E-state index is 11.4. The average molecular weight is 294 g/mol. The van der Waals surface area contributed by atoms with Crippen LogP contribution >= 0.6 is 0 Å². The number of carbonyl (C=O) groups excluding carboxylic acids is 1. The van der Waals surface area contributed by atoms with E-state index in [1.165, 1.54) is 6.07 Å². The molecule has 1 heterocycles. The van der Waals surface area contributed by atoms with E-state index in [9.17, 15) is 14.9 Å². The van der Waals surface area contributed by atoms with Crippen LogP contribution in [0, 0.1) is 10.1 Å². The van der Waals surface area contributed by atoms with Crippen LogP contribution in [0.2, 0.25) is 0 Å². The number of esters is 1. The Morgan fingerprint density at radius 3 is 2.95 bits per heavy atom. The molecule has 1 saturated heterocycles. The van der Waals surface area contributed by atoms with Crippen LogP contribution in [0.15, 0.2) is 18.2 Å². The first kappa shape index (κ1) is 15.2. The monoisotopic (exact) mass is 294 g/mol. The average Bonchev–Trinajstić information content (AvgIpc) is 2.84. The zero-order valence-corrected chi connectivity index (χ0v) is 11.8. The van der Waals surface area contributed by atoms with Crippen molar-refractivity contribution in [2.75, 3.05) is 13.2 Å². The Kier molecular flexibility index (Phi) is 5.10. The predicted molar refractivity (Wildman–Crippen MR) is 75.1 cm³/mol. The first-order valence-electron chi connectivity index (χ1n) is 6.93. The Labute approximate surface area is 122 Å². The summed E-state index contributed by atoms with van der Waals surface area (Å²) in [6.45, 7) is 3.80. The minimum Gasteiger partial charge on any atom is -0.471 e. The van der Waals surface area contributed by atoms with Gasteiger partial charge in [0, 0.05) is 19.0 Å². The molecule has 0 aliphatic carbocycles. The molecule has 21 heavy (non-hydrogen) atoms. The standard InChI is InChI=1S/C14H18N2O5/c1-2-6-15-9-10-3-4-11(16(18)19)13(8-10)21-12-5-7-20-14(12)17/h3-4,8,12,15H,2,5-7,9H2,1H3. The summed E-state index contributed by atoms with van der Waals surface area (Å²) in [5.74, 6) is -0.363. The van der Waals surface area contributed by atoms with E-state index >= 15 is 0 Å². The number of hydrogen-bond acceptors (Lipinski definition) is 6. The van der Waals surface area contributed by atoms with E-state index in [-0.39, 0.29) is 18.0 Å². The number of nitrogens with one attached hydrogen (secondary N) is 1. The van der Waals surface area contributed by atoms with E-state index in [0.717, 1.165) is 18.5 Å². The molecule has 1 unspecified atom stereocenters. The molecule has 0 radical (unpaired) electrons. The summed E-state index contributed by atoms with van der Waals surface area (Å²) >= 11 is 0. The van der Waals surface area contributed by atoms with Gasteiger partial charge in [-0.25, -0.2) is 4.79 Å². The van der Waals surface area contributed by atoms with Gasteiger partial charge >= 0.3 is 11.7 Å². The molecule has 1 aromatic carbocycles. The summed E-state index contributed by atoms with van der Waals surface area (Å²) in [4.78, 5) is 22.0. The molecule has 1 aromatic rings. The fourth-order valence-electron chi connectivity index (χ4n) is 2.06. The molecule has 0 saturated carbocycles. The predicted octanol–water partition coefficient (Wildman–Crippen LogP) is 1.79. The van der Waals surface area contributed by atoms with Crippen molar-refractivity contribution >= 4 is 11.7 Å². The van der Waals surface area contributed by atoms with Crippen molar-refractivity contribution in [3.63, 3.8) is 0 Å². The van der Waals surface area contributed by atoms with Gasteiger partial charge in [-0.15, -0.1) is 0 Å². The van der Waals surface area contributed by atoms with Gasteiger partial charge in [0.2, 0.25) is 0 Å². The summed E-state index contributed by atoms with van der Waals surface area (Å²) in [5, 5.41) is 14.3. The lowest BCUT2D eigenvalue weighted by molar-refractivity contribution is -0.386. The molecule has 1 N–H and O–H groups in total. The molecule has 1 aliphatic heterocycles. The van der Waals surface area contributed by atoms with E-state index in [1.807, 2.05) is 0 Å². The lowest BCUT2D eigenvalue weighted by Gasteiger charge is -2.12. The van der Waals surface area contributed by atoms with Crippen LogP contribution in [-0.4, -0.2) is 30.1 Å². The SMILES string of the molecule is CCCNCc1ccc([N+](=O)[O-])c(OC2CCOC2=O)c1. The summed E-state index contributed by atoms with van der Waals surface area (Å²) in [6, 6.07) is 4.69. The van der Waals surface area contributed by atoms with Crippen molar-refractivity contribution in [2.24, 2.45) is 0 Å². The van der Waals surface area contributed by atoms with Crippen molar-refractivity contribution in [3.05, 3.63) is 33.9 Å². The Balaban J connectivity index is 2.16. The fourth-order valence-corrected chi connectivity index (χ4v) is 2.06. The smallest absolute Gasteiger partial charge is 0.347 e. The summed E-state index contributed by atoms with van der Waals surface area (Å²) in [5.41, 5.74) is 0.726. The molecule has 1 aliphatic rings. The van der Waals surface area contributed by atoms with Crippen LogP contribution in [0.4, 0.5) is 5.69 Å². The largest absolute Gasteiger partial charge is 0.471 e. The number of ether oxygens (including phenoxy) is 2. The molecular formula is C14H18N2O5. The maximum Gasteiger partial charge on any atom is 0.347 e. The molecule has 0 aromatic heterocycles. The van der Waals surface area contributed by atoms with Gasteiger partial charge in [0.05, 0.1) is 11.5 Å². The number of cyclic esters (lactones) is 1. The first-order chi connectivity index (χ1) is 10.1. The molecule has 7 nitrogen and oxygen atoms in total. The normalized spacial score (nSPS) is 17.6. The Morgan fingerprint density at radius 2 is 2.33 bits per heavy atom. The Morgan fingerprint density at radius 1 is 1.52 bits per heavy atom. The summed E-state index contributed by atoms with van der Waals surface area (Å²) in [6.07, 6.45) is 0.654. The first-order valence-corrected chi connectivity index (χ1v) is 6.93. The molecule has 1 fully saturated rings. The summed E-state index contributed by atoms with van der Waals surface area (Å²) < 4.78 is 10.3. The molecule has 114 valence electrons. The highest BCUT2D eigenvalue weighted by Crippen LogP contribution is 2.30. The molecule has 7 heteroatoms. The van der Waals surface area contributed by atoms with Gasteiger partial charge in [0.25, 0.3) is 0 Å². The minimum atomic E-state index is -0.762. The van der Waals surface area contributed by atoms with Crippen LogP contribution in [0.1, 0.15) is 25.3 Å². The molecule has 2 rings (SSSR count). The summed E-state index contributed by atoms with van der Waals surface area (Å²) in [7, 11) is 0. The molecule has 0 bridgehead atoms. The number of hydrogen-bond donors (Lipinski definition) is 1. The van der Waals surface area contributed by atoms with Gasteiger partial charge in [-0.2, -0.15) is 0 Å². The Bertz CT molecular complexity index is 532. The second-order valence-electron chi connectivity index (χ2n) is 4.80. The van der Waals surface area contributed by atoms with Crippen molar-refractivity contribution in [2.45, 2.75) is 32.4 Å². The van der Waals surface area contributed by atoms with E-state index in [2.05, 4.69) is 12.2 Å². The third kappa shape index (κ3) is 3.91. The Hall–Kier alpha value is -2.15. The van der Waals surface area contributed by atoms with Gasteiger partial charge in [-0.1, -0.05) is 13.0 Å². The number of carbonyl (C=O) groups is 1. The lowest BCUT2D eigenvalue weighted by atomic mass is 10.2. The number of nitrogens with zero attached hydrogens (tertiary/aromatic N) is 1. The number of rotatable bonds is 7. The van der Waals surface area contributed by atoms with E-state index in [1.54, 1.807) is 12.1 Å². The maximum absolute atomic E-state index is 11.4. The number of nitro groups is 1. The number of nitro benzene ring substituents is 1. The second kappa shape index (κ2) is 7.03. The fraction of sp³-hybridized carbons (Fsp3) is 0.500. The van der Waals surface area contributed by atoms with E-state index in [0.29, 0.717) is 13.0 Å². The lowest BCUT2D eigenvalue weighted by Crippen LogP contribution is -2.22. The van der Waals surface area contributed by atoms with Crippen LogP contribution in [0.5, 0.6) is 5.75 Å². The molecular weight excluding hydrogens is 276 g/mol. The highest BCUT2D eigenvalue weighted by atomic mass is 16.6. The van der Waals surface area contributed by atoms with Gasteiger partial charge in [0.1, 0.15) is 0 Å². The molecule has 0 spiro atoms. The van der Waals surface area contributed by atoms with E-state index in [4.69, 9.17) is 9.47 Å². The van der Waals surface area contributed by atoms with Crippen LogP contribution in [0.3, 0.4) is 0 Å². The second-order valence-corrected chi connectivity index (χ2v) is 4.80. The zero-order chi connectivity index (χ0) is 15.2. The van der Waals surface area contributed by atoms with Crippen molar-refractivity contribution in [3.8, 4) is 5.75 Å². The highest BCUT2D eigenvalue weighted by Gasteiger charge is 2.30. The van der Waals surface area contributed by atoms with E-state index < -0.39 is 17.0 Å². The van der Waals surface area contributed by atoms with Gasteiger partial charge < -0.3 is 14.8 Å². The van der Waals surface area contributed by atoms with Gasteiger partial charge in [-0.3, -0.25) is 10.1 Å². The molecule has 0 amide bonds. The van der Waals surface area contributed by atoms with Crippen molar-refractivity contribution in [1.29, 1.82) is 0 Å². The van der Waals surface area contributed by atoms with Gasteiger partial charge in [0.15, 0.2) is 11.9 Å². The third-order valence-corrected chi connectivity index (χ3v) is 3.13. The topological polar surface area (TPSA) is 90.7 Å². The quantitative estimate of drug-likeness (QED) is 0.357. The van der Waals surface area contributed by atoms with Gasteiger partial charge in [-0.05, 0) is 24.6 Å². The minimum absolute atomic E-state index is 0.111. The third-order valence-electron chi connectivity index (χ3n) is 3.13. The molecule has 1 atom stereocenters. The van der Waals surface area contributed by atoms with Crippen molar-refractivity contribution in [1.82, 2.24) is 5.32 Å². The van der Waals surface area contributed by atoms with Crippen LogP contribution in [0.25, 0.3) is 0 Å².